The Morgan fingerprint density at radius 3 is 2.17 bits per heavy atom. The SMILES string of the molecule is CC(=O)OC1(/C(C)=C/c2ccc([C@@H]3[C@@H](CCC(=O)c4ccc(F)cc4)C(=O)N3c3ccc(/C=C/COCc4ccccc4)cc3)cc2)COC(C)(C)OC1. The molecule has 0 spiro atoms. The minimum absolute atomic E-state index is 0.0622. The molecule has 9 heteroatoms. The van der Waals surface area contributed by atoms with Crippen molar-refractivity contribution in [1.29, 1.82) is 0 Å². The third-order valence-corrected chi connectivity index (χ3v) is 9.89. The van der Waals surface area contributed by atoms with E-state index in [9.17, 15) is 18.8 Å². The van der Waals surface area contributed by atoms with Crippen molar-refractivity contribution in [3.63, 3.8) is 0 Å². The molecule has 2 aliphatic heterocycles. The van der Waals surface area contributed by atoms with Crippen LogP contribution in [-0.2, 0) is 35.1 Å². The molecule has 0 saturated carbocycles. The number of carbonyl (C=O) groups excluding carboxylic acids is 3. The van der Waals surface area contributed by atoms with Crippen LogP contribution in [0.3, 0.4) is 0 Å². The van der Waals surface area contributed by atoms with Gasteiger partial charge in [-0.3, -0.25) is 14.4 Å². The highest BCUT2D eigenvalue weighted by molar-refractivity contribution is 6.04. The summed E-state index contributed by atoms with van der Waals surface area (Å²) in [4.78, 5) is 40.7. The summed E-state index contributed by atoms with van der Waals surface area (Å²) in [6, 6.07) is 30.9. The van der Waals surface area contributed by atoms with Gasteiger partial charge in [0.05, 0.1) is 38.4 Å². The third-order valence-electron chi connectivity index (χ3n) is 9.89. The zero-order chi connectivity index (χ0) is 38.3. The van der Waals surface area contributed by atoms with Crippen LogP contribution in [0.2, 0.25) is 0 Å². The van der Waals surface area contributed by atoms with Crippen molar-refractivity contribution in [3.05, 3.63) is 148 Å². The summed E-state index contributed by atoms with van der Waals surface area (Å²) in [7, 11) is 0. The Balaban J connectivity index is 1.19. The summed E-state index contributed by atoms with van der Waals surface area (Å²) in [6.07, 6.45) is 6.40. The van der Waals surface area contributed by atoms with Gasteiger partial charge in [-0.25, -0.2) is 4.39 Å². The first kappa shape index (κ1) is 38.5. The normalized spacial score (nSPS) is 19.4. The Hall–Kier alpha value is -5.22. The third kappa shape index (κ3) is 9.28. The predicted molar refractivity (Wildman–Crippen MR) is 206 cm³/mol. The van der Waals surface area contributed by atoms with E-state index in [4.69, 9.17) is 18.9 Å². The predicted octanol–water partition coefficient (Wildman–Crippen LogP) is 8.91. The molecule has 280 valence electrons. The average molecular weight is 732 g/mol. The molecule has 2 atom stereocenters. The Labute approximate surface area is 316 Å². The van der Waals surface area contributed by atoms with Gasteiger partial charge in [0.1, 0.15) is 5.82 Å². The molecule has 0 aromatic heterocycles. The van der Waals surface area contributed by atoms with Crippen LogP contribution < -0.4 is 4.90 Å². The molecular formula is C45H46FNO7. The number of anilines is 1. The molecule has 0 N–H and O–H groups in total. The fraction of sp³-hybridized carbons (Fsp3) is 0.311. The molecule has 8 nitrogen and oxygen atoms in total. The van der Waals surface area contributed by atoms with Crippen molar-refractivity contribution in [2.24, 2.45) is 5.92 Å². The lowest BCUT2D eigenvalue weighted by Gasteiger charge is -2.47. The molecule has 0 aliphatic carbocycles. The number of nitrogens with zero attached hydrogens (tertiary/aromatic N) is 1. The lowest BCUT2D eigenvalue weighted by atomic mass is 9.78. The minimum Gasteiger partial charge on any atom is -0.450 e. The number of hydrogen-bond acceptors (Lipinski definition) is 7. The summed E-state index contributed by atoms with van der Waals surface area (Å²) in [5.74, 6) is -2.25. The van der Waals surface area contributed by atoms with E-state index in [0.717, 1.165) is 33.5 Å². The maximum atomic E-state index is 13.8. The number of benzene rings is 4. The van der Waals surface area contributed by atoms with Crippen LogP contribution in [0.1, 0.15) is 79.2 Å². The van der Waals surface area contributed by atoms with E-state index in [-0.39, 0.29) is 37.4 Å². The van der Waals surface area contributed by atoms with Crippen LogP contribution in [0.5, 0.6) is 0 Å². The Morgan fingerprint density at radius 1 is 0.870 bits per heavy atom. The summed E-state index contributed by atoms with van der Waals surface area (Å²) in [5.41, 5.74) is 4.77. The van der Waals surface area contributed by atoms with Crippen molar-refractivity contribution in [2.45, 2.75) is 64.6 Å². The van der Waals surface area contributed by atoms with Gasteiger partial charge in [-0.05, 0) is 91.4 Å². The molecule has 2 heterocycles. The molecule has 2 saturated heterocycles. The first-order chi connectivity index (χ1) is 25.9. The smallest absolute Gasteiger partial charge is 0.303 e. The molecule has 0 unspecified atom stereocenters. The van der Waals surface area contributed by atoms with E-state index in [2.05, 4.69) is 0 Å². The second-order valence-electron chi connectivity index (χ2n) is 14.3. The summed E-state index contributed by atoms with van der Waals surface area (Å²) < 4.78 is 36.8. The van der Waals surface area contributed by atoms with Gasteiger partial charge in [-0.1, -0.05) is 85.0 Å². The van der Waals surface area contributed by atoms with Crippen molar-refractivity contribution in [3.8, 4) is 0 Å². The number of ether oxygens (including phenoxy) is 4. The molecule has 1 amide bonds. The van der Waals surface area contributed by atoms with E-state index >= 15 is 0 Å². The number of carbonyl (C=O) groups is 3. The standard InChI is InChI=1S/C45H46FNO7/c1-31(45(54-32(2)48)29-52-44(3,4)53-30-45)27-34-12-16-37(17-13-34)42-40(24-25-41(49)36-18-20-38(46)21-19-36)43(50)47(42)39-22-14-33(15-23-39)11-8-26-51-28-35-9-6-5-7-10-35/h5-23,27,40,42H,24-26,28-30H2,1-4H3/b11-8+,31-27+/t40-,42-/m1/s1. The zero-order valence-electron chi connectivity index (χ0n) is 31.1. The zero-order valence-corrected chi connectivity index (χ0v) is 31.1. The van der Waals surface area contributed by atoms with E-state index in [1.54, 1.807) is 4.90 Å². The van der Waals surface area contributed by atoms with Crippen molar-refractivity contribution in [1.82, 2.24) is 0 Å². The van der Waals surface area contributed by atoms with Gasteiger partial charge in [0.25, 0.3) is 0 Å². The van der Waals surface area contributed by atoms with E-state index in [0.29, 0.717) is 25.2 Å². The van der Waals surface area contributed by atoms with Gasteiger partial charge < -0.3 is 23.8 Å². The Morgan fingerprint density at radius 2 is 1.52 bits per heavy atom. The maximum Gasteiger partial charge on any atom is 0.303 e. The first-order valence-corrected chi connectivity index (χ1v) is 18.2. The van der Waals surface area contributed by atoms with Gasteiger partial charge in [0, 0.05) is 24.6 Å². The fourth-order valence-electron chi connectivity index (χ4n) is 6.79. The van der Waals surface area contributed by atoms with Crippen molar-refractivity contribution in [2.75, 3.05) is 24.7 Å². The number of ketones is 1. The molecule has 4 aromatic rings. The first-order valence-electron chi connectivity index (χ1n) is 18.2. The molecule has 0 radical (unpaired) electrons. The lowest BCUT2D eigenvalue weighted by Crippen LogP contribution is -2.55. The van der Waals surface area contributed by atoms with Crippen molar-refractivity contribution < 1.29 is 37.7 Å². The number of Topliss-reactive ketones (excluding diaryl/α,β-unsaturated/α-hetero) is 1. The lowest BCUT2D eigenvalue weighted by molar-refractivity contribution is -0.295. The molecule has 0 bridgehead atoms. The highest BCUT2D eigenvalue weighted by atomic mass is 19.1. The number of esters is 1. The van der Waals surface area contributed by atoms with Crippen LogP contribution >= 0.6 is 0 Å². The number of halogens is 1. The molecule has 54 heavy (non-hydrogen) atoms. The number of hydrogen-bond donors (Lipinski definition) is 0. The van der Waals surface area contributed by atoms with Crippen LogP contribution in [0.4, 0.5) is 10.1 Å². The molecule has 6 rings (SSSR count). The van der Waals surface area contributed by atoms with Gasteiger partial charge in [0.15, 0.2) is 17.2 Å². The fourth-order valence-corrected chi connectivity index (χ4v) is 6.79. The number of rotatable bonds is 14. The second kappa shape index (κ2) is 16.8. The maximum absolute atomic E-state index is 13.8. The van der Waals surface area contributed by atoms with E-state index in [1.807, 2.05) is 118 Å². The molecule has 4 aromatic carbocycles. The monoisotopic (exact) mass is 731 g/mol. The van der Waals surface area contributed by atoms with Crippen molar-refractivity contribution >= 4 is 35.5 Å². The quantitative estimate of drug-likeness (QED) is 0.0554. The second-order valence-corrected chi connectivity index (χ2v) is 14.3. The topological polar surface area (TPSA) is 91.4 Å². The van der Waals surface area contributed by atoms with Gasteiger partial charge in [0.2, 0.25) is 5.91 Å². The Bertz CT molecular complexity index is 1980. The average Bonchev–Trinajstić information content (AvgIpc) is 3.16. The van der Waals surface area contributed by atoms with Gasteiger partial charge in [-0.2, -0.15) is 0 Å². The molecule has 2 aliphatic rings. The highest BCUT2D eigenvalue weighted by Gasteiger charge is 2.48. The largest absolute Gasteiger partial charge is 0.450 e. The van der Waals surface area contributed by atoms with Crippen LogP contribution in [0.15, 0.2) is 115 Å². The Kier molecular flexibility index (Phi) is 12.0. The van der Waals surface area contributed by atoms with Crippen LogP contribution in [-0.4, -0.2) is 48.9 Å². The summed E-state index contributed by atoms with van der Waals surface area (Å²) in [6.45, 7) is 8.22. The van der Waals surface area contributed by atoms with E-state index < -0.39 is 29.1 Å². The van der Waals surface area contributed by atoms with Crippen LogP contribution in [0.25, 0.3) is 12.2 Å². The molecular weight excluding hydrogens is 685 g/mol. The highest BCUT2D eigenvalue weighted by Crippen LogP contribution is 2.46. The summed E-state index contributed by atoms with van der Waals surface area (Å²) in [5, 5.41) is 0. The van der Waals surface area contributed by atoms with E-state index in [1.165, 1.54) is 31.2 Å². The van der Waals surface area contributed by atoms with Gasteiger partial charge >= 0.3 is 5.97 Å². The number of amides is 1. The van der Waals surface area contributed by atoms with Crippen LogP contribution in [0, 0.1) is 11.7 Å². The minimum atomic E-state index is -1.06. The number of β-lactam (4-membered cyclic amide) rings is 1. The summed E-state index contributed by atoms with van der Waals surface area (Å²) >= 11 is 0. The van der Waals surface area contributed by atoms with Gasteiger partial charge in [-0.15, -0.1) is 0 Å². The molecule has 2 fully saturated rings.